The molecule has 2 fully saturated rings. The summed E-state index contributed by atoms with van der Waals surface area (Å²) in [5, 5.41) is 0. The maximum atomic E-state index is 14.0. The number of carbonyl (C=O) groups is 1. The quantitative estimate of drug-likeness (QED) is 0.728. The second kappa shape index (κ2) is 8.78. The largest absolute Gasteiger partial charge is 0.375 e. The molecule has 2 aromatic rings. The van der Waals surface area contributed by atoms with Crippen LogP contribution in [-0.4, -0.2) is 60.5 Å². The summed E-state index contributed by atoms with van der Waals surface area (Å²) in [4.78, 5) is 21.2. The lowest BCUT2D eigenvalue weighted by atomic mass is 9.77. The molecular weight excluding hydrogens is 388 g/mol. The van der Waals surface area contributed by atoms with Crippen molar-refractivity contribution in [3.05, 3.63) is 65.5 Å². The number of hydrogen-bond acceptors (Lipinski definition) is 4. The third-order valence-electron chi connectivity index (χ3n) is 6.39. The van der Waals surface area contributed by atoms with Gasteiger partial charge in [0, 0.05) is 49.3 Å². The van der Waals surface area contributed by atoms with Crippen LogP contribution in [0.2, 0.25) is 0 Å². The van der Waals surface area contributed by atoms with E-state index in [-0.39, 0.29) is 23.3 Å². The fourth-order valence-electron chi connectivity index (χ4n) is 4.85. The van der Waals surface area contributed by atoms with Crippen molar-refractivity contribution in [3.8, 4) is 0 Å². The molecule has 1 spiro atoms. The van der Waals surface area contributed by atoms with Crippen LogP contribution in [-0.2, 0) is 22.6 Å². The van der Waals surface area contributed by atoms with Crippen molar-refractivity contribution in [2.24, 2.45) is 11.3 Å². The number of likely N-dealkylation sites (tertiary alicyclic amines) is 2. The van der Waals surface area contributed by atoms with E-state index in [9.17, 15) is 13.6 Å². The Kier molecular flexibility index (Phi) is 6.11. The second-order valence-corrected chi connectivity index (χ2v) is 8.55. The average Bonchev–Trinajstić information content (AvgIpc) is 3.29. The van der Waals surface area contributed by atoms with Gasteiger partial charge in [0.05, 0.1) is 25.3 Å². The SMILES string of the molecule is CN1C[C@@H](COCc2ccccn2)[C@]2(CCN(C(=O)Cc3cccc(F)c3F)C2)C1. The van der Waals surface area contributed by atoms with Gasteiger partial charge in [-0.25, -0.2) is 8.78 Å². The van der Waals surface area contributed by atoms with Crippen molar-refractivity contribution in [3.63, 3.8) is 0 Å². The van der Waals surface area contributed by atoms with Crippen LogP contribution in [0.5, 0.6) is 0 Å². The first-order chi connectivity index (χ1) is 14.5. The lowest BCUT2D eigenvalue weighted by molar-refractivity contribution is -0.130. The second-order valence-electron chi connectivity index (χ2n) is 8.55. The number of benzene rings is 1. The van der Waals surface area contributed by atoms with Gasteiger partial charge in [0.15, 0.2) is 11.6 Å². The van der Waals surface area contributed by atoms with Gasteiger partial charge in [0.2, 0.25) is 5.91 Å². The van der Waals surface area contributed by atoms with E-state index in [1.165, 1.54) is 12.1 Å². The summed E-state index contributed by atoms with van der Waals surface area (Å²) >= 11 is 0. The van der Waals surface area contributed by atoms with E-state index in [1.54, 1.807) is 11.1 Å². The minimum atomic E-state index is -0.929. The Morgan fingerprint density at radius 2 is 2.10 bits per heavy atom. The standard InChI is InChI=1S/C23H27F2N3O2/c1-27-12-18(13-30-14-19-6-2-3-9-26-19)23(15-27)8-10-28(16-23)21(29)11-17-5-4-7-20(24)22(17)25/h2-7,9,18H,8,10-16H2,1H3/t18-,23+/m0/s1. The van der Waals surface area contributed by atoms with Crippen molar-refractivity contribution in [2.45, 2.75) is 19.4 Å². The van der Waals surface area contributed by atoms with Crippen LogP contribution in [0.25, 0.3) is 0 Å². The molecule has 30 heavy (non-hydrogen) atoms. The van der Waals surface area contributed by atoms with E-state index in [4.69, 9.17) is 4.74 Å². The third kappa shape index (κ3) is 4.37. The molecule has 0 aliphatic carbocycles. The molecule has 0 unspecified atom stereocenters. The van der Waals surface area contributed by atoms with Gasteiger partial charge >= 0.3 is 0 Å². The summed E-state index contributed by atoms with van der Waals surface area (Å²) in [5.41, 5.74) is 0.993. The van der Waals surface area contributed by atoms with Gasteiger partial charge in [-0.05, 0) is 31.7 Å². The molecule has 3 heterocycles. The van der Waals surface area contributed by atoms with Crippen LogP contribution < -0.4 is 0 Å². The zero-order valence-electron chi connectivity index (χ0n) is 17.2. The molecule has 4 rings (SSSR count). The monoisotopic (exact) mass is 415 g/mol. The molecule has 2 saturated heterocycles. The molecule has 1 amide bonds. The van der Waals surface area contributed by atoms with Crippen molar-refractivity contribution >= 4 is 5.91 Å². The van der Waals surface area contributed by atoms with Crippen molar-refractivity contribution in [2.75, 3.05) is 39.8 Å². The number of halogens is 2. The zero-order chi connectivity index (χ0) is 21.1. The van der Waals surface area contributed by atoms with Gasteiger partial charge in [0.1, 0.15) is 0 Å². The number of ether oxygens (including phenoxy) is 1. The molecule has 5 nitrogen and oxygen atoms in total. The molecule has 1 aromatic carbocycles. The Balaban J connectivity index is 1.37. The topological polar surface area (TPSA) is 45.7 Å². The highest BCUT2D eigenvalue weighted by Gasteiger charge is 2.50. The Labute approximate surface area is 175 Å². The highest BCUT2D eigenvalue weighted by Crippen LogP contribution is 2.43. The molecule has 0 bridgehead atoms. The lowest BCUT2D eigenvalue weighted by Crippen LogP contribution is -2.38. The number of amides is 1. The van der Waals surface area contributed by atoms with Gasteiger partial charge in [-0.3, -0.25) is 9.78 Å². The predicted octanol–water partition coefficient (Wildman–Crippen LogP) is 2.90. The summed E-state index contributed by atoms with van der Waals surface area (Å²) < 4.78 is 33.4. The maximum absolute atomic E-state index is 14.0. The van der Waals surface area contributed by atoms with Crippen LogP contribution in [0.1, 0.15) is 17.7 Å². The van der Waals surface area contributed by atoms with Crippen molar-refractivity contribution in [1.29, 1.82) is 0 Å². The molecule has 2 aliphatic rings. The van der Waals surface area contributed by atoms with Gasteiger partial charge in [-0.15, -0.1) is 0 Å². The van der Waals surface area contributed by atoms with Crippen LogP contribution in [0.4, 0.5) is 8.78 Å². The smallest absolute Gasteiger partial charge is 0.227 e. The first-order valence-electron chi connectivity index (χ1n) is 10.3. The highest BCUT2D eigenvalue weighted by molar-refractivity contribution is 5.79. The number of rotatable bonds is 6. The van der Waals surface area contributed by atoms with Gasteiger partial charge in [-0.1, -0.05) is 18.2 Å². The zero-order valence-corrected chi connectivity index (χ0v) is 17.2. The minimum absolute atomic E-state index is 0.0188. The Bertz CT molecular complexity index is 895. The molecule has 2 aliphatic heterocycles. The number of nitrogens with zero attached hydrogens (tertiary/aromatic N) is 3. The van der Waals surface area contributed by atoms with E-state index in [1.807, 2.05) is 18.2 Å². The summed E-state index contributed by atoms with van der Waals surface area (Å²) in [5.74, 6) is -1.68. The first kappa shape index (κ1) is 20.9. The molecule has 0 saturated carbocycles. The Morgan fingerprint density at radius 3 is 2.90 bits per heavy atom. The van der Waals surface area contributed by atoms with Gasteiger partial charge in [0.25, 0.3) is 0 Å². The number of pyridine rings is 1. The summed E-state index contributed by atoms with van der Waals surface area (Å²) in [6, 6.07) is 9.74. The molecule has 0 radical (unpaired) electrons. The highest BCUT2D eigenvalue weighted by atomic mass is 19.2. The van der Waals surface area contributed by atoms with E-state index in [2.05, 4.69) is 16.9 Å². The van der Waals surface area contributed by atoms with E-state index in [0.717, 1.165) is 31.3 Å². The molecular formula is C23H27F2N3O2. The number of aromatic nitrogens is 1. The normalized spacial score (nSPS) is 24.1. The fourth-order valence-corrected chi connectivity index (χ4v) is 4.85. The van der Waals surface area contributed by atoms with Crippen molar-refractivity contribution in [1.82, 2.24) is 14.8 Å². The predicted molar refractivity (Wildman–Crippen MR) is 109 cm³/mol. The number of hydrogen-bond donors (Lipinski definition) is 0. The molecule has 1 aromatic heterocycles. The third-order valence-corrected chi connectivity index (χ3v) is 6.39. The van der Waals surface area contributed by atoms with Crippen LogP contribution in [0, 0.1) is 23.0 Å². The molecule has 7 heteroatoms. The average molecular weight is 415 g/mol. The van der Waals surface area contributed by atoms with Crippen LogP contribution in [0.3, 0.4) is 0 Å². The van der Waals surface area contributed by atoms with Gasteiger partial charge in [-0.2, -0.15) is 0 Å². The Morgan fingerprint density at radius 1 is 1.23 bits per heavy atom. The first-order valence-corrected chi connectivity index (χ1v) is 10.3. The fraction of sp³-hybridized carbons (Fsp3) is 0.478. The Hall–Kier alpha value is -2.38. The minimum Gasteiger partial charge on any atom is -0.375 e. The molecule has 0 N–H and O–H groups in total. The van der Waals surface area contributed by atoms with Crippen molar-refractivity contribution < 1.29 is 18.3 Å². The summed E-state index contributed by atoms with van der Waals surface area (Å²) in [6.45, 7) is 4.18. The summed E-state index contributed by atoms with van der Waals surface area (Å²) in [6.07, 6.45) is 2.54. The number of carbonyl (C=O) groups excluding carboxylic acids is 1. The maximum Gasteiger partial charge on any atom is 0.227 e. The van der Waals surface area contributed by atoms with Crippen LogP contribution >= 0.6 is 0 Å². The van der Waals surface area contributed by atoms with E-state index in [0.29, 0.717) is 32.2 Å². The molecule has 160 valence electrons. The lowest BCUT2D eigenvalue weighted by Gasteiger charge is -2.30. The molecule has 2 atom stereocenters. The van der Waals surface area contributed by atoms with E-state index < -0.39 is 11.6 Å². The van der Waals surface area contributed by atoms with Crippen LogP contribution in [0.15, 0.2) is 42.6 Å². The summed E-state index contributed by atoms with van der Waals surface area (Å²) in [7, 11) is 2.09. The van der Waals surface area contributed by atoms with Gasteiger partial charge < -0.3 is 14.5 Å². The van der Waals surface area contributed by atoms with E-state index >= 15 is 0 Å².